The topological polar surface area (TPSA) is 56.3 Å². The van der Waals surface area contributed by atoms with E-state index in [0.29, 0.717) is 6.10 Å². The Morgan fingerprint density at radius 2 is 2.35 bits per heavy atom. The number of hydrogen-bond donors (Lipinski definition) is 1. The Hall–Kier alpha value is -0.430. The Morgan fingerprint density at radius 1 is 1.55 bits per heavy atom. The summed E-state index contributed by atoms with van der Waals surface area (Å²) in [6.45, 7) is 2.68. The largest absolute Gasteiger partial charge is 0.378 e. The van der Waals surface area contributed by atoms with Crippen LogP contribution in [0, 0.1) is 0 Å². The van der Waals surface area contributed by atoms with Crippen LogP contribution in [0.4, 0.5) is 0 Å². The zero-order valence-corrected chi connectivity index (χ0v) is 14.0. The van der Waals surface area contributed by atoms with Crippen molar-refractivity contribution in [2.45, 2.75) is 44.4 Å². The van der Waals surface area contributed by atoms with Gasteiger partial charge in [0, 0.05) is 13.2 Å². The minimum absolute atomic E-state index is 0.0304. The smallest absolute Gasteiger partial charge is 0.0695 e. The molecule has 1 saturated heterocycles. The average Bonchev–Trinajstić information content (AvgIpc) is 2.78. The third kappa shape index (κ3) is 4.28. The van der Waals surface area contributed by atoms with E-state index < -0.39 is 0 Å². The third-order valence-electron chi connectivity index (χ3n) is 3.73. The van der Waals surface area contributed by atoms with Crippen molar-refractivity contribution in [3.05, 3.63) is 16.4 Å². The van der Waals surface area contributed by atoms with Crippen LogP contribution in [-0.4, -0.2) is 48.0 Å². The lowest BCUT2D eigenvalue weighted by Crippen LogP contribution is -2.28. The van der Waals surface area contributed by atoms with E-state index in [1.54, 1.807) is 0 Å². The van der Waals surface area contributed by atoms with Gasteiger partial charge in [-0.25, -0.2) is 0 Å². The molecule has 114 valence electrons. The predicted octanol–water partition coefficient (Wildman–Crippen LogP) is 2.17. The van der Waals surface area contributed by atoms with E-state index in [9.17, 15) is 0 Å². The summed E-state index contributed by atoms with van der Waals surface area (Å²) >= 11 is 3.57. The van der Waals surface area contributed by atoms with Crippen LogP contribution in [0.15, 0.2) is 10.7 Å². The van der Waals surface area contributed by atoms with E-state index in [2.05, 4.69) is 40.0 Å². The van der Waals surface area contributed by atoms with Crippen LogP contribution >= 0.6 is 15.9 Å². The number of ether oxygens (including phenoxy) is 1. The van der Waals surface area contributed by atoms with Crippen LogP contribution < -0.4 is 5.73 Å². The maximum Gasteiger partial charge on any atom is 0.0695 e. The number of rotatable bonds is 6. The van der Waals surface area contributed by atoms with Gasteiger partial charge in [-0.2, -0.15) is 5.10 Å². The van der Waals surface area contributed by atoms with Crippen LogP contribution in [0.5, 0.6) is 0 Å². The Kier molecular flexibility index (Phi) is 6.01. The van der Waals surface area contributed by atoms with E-state index in [1.165, 1.54) is 12.8 Å². The normalized spacial score (nSPS) is 21.4. The molecular formula is C14H25BrN4O. The monoisotopic (exact) mass is 344 g/mol. The molecule has 2 heterocycles. The summed E-state index contributed by atoms with van der Waals surface area (Å²) in [4.78, 5) is 2.15. The molecule has 2 rings (SSSR count). The molecule has 20 heavy (non-hydrogen) atoms. The highest BCUT2D eigenvalue weighted by Gasteiger charge is 2.22. The number of aromatic nitrogens is 2. The first kappa shape index (κ1) is 15.9. The van der Waals surface area contributed by atoms with Crippen molar-refractivity contribution >= 4 is 15.9 Å². The molecule has 2 unspecified atom stereocenters. The molecule has 0 aliphatic carbocycles. The lowest BCUT2D eigenvalue weighted by Gasteiger charge is -2.26. The molecule has 1 aliphatic rings. The molecule has 0 radical (unpaired) electrons. The highest BCUT2D eigenvalue weighted by Crippen LogP contribution is 2.28. The van der Waals surface area contributed by atoms with Crippen LogP contribution in [-0.2, 0) is 11.3 Å². The van der Waals surface area contributed by atoms with Crippen LogP contribution in [0.2, 0.25) is 0 Å². The Labute approximate surface area is 129 Å². The summed E-state index contributed by atoms with van der Waals surface area (Å²) in [5.74, 6) is 0. The SMILES string of the molecule is CN(C)CCn1ncc(Br)c1C(N)CC1CCCCO1. The molecule has 1 aliphatic heterocycles. The van der Waals surface area contributed by atoms with Gasteiger partial charge in [0.1, 0.15) is 0 Å². The number of nitrogens with zero attached hydrogens (tertiary/aromatic N) is 3. The van der Waals surface area contributed by atoms with E-state index in [0.717, 1.165) is 42.7 Å². The van der Waals surface area contributed by atoms with Gasteiger partial charge in [-0.15, -0.1) is 0 Å². The summed E-state index contributed by atoms with van der Waals surface area (Å²) < 4.78 is 8.80. The van der Waals surface area contributed by atoms with Crippen LogP contribution in [0.1, 0.15) is 37.4 Å². The fraction of sp³-hybridized carbons (Fsp3) is 0.786. The zero-order chi connectivity index (χ0) is 14.5. The number of likely N-dealkylation sites (N-methyl/N-ethyl adjacent to an activating group) is 1. The molecule has 2 N–H and O–H groups in total. The van der Waals surface area contributed by atoms with Crippen molar-refractivity contribution in [1.29, 1.82) is 0 Å². The fourth-order valence-corrected chi connectivity index (χ4v) is 3.19. The van der Waals surface area contributed by atoms with E-state index in [4.69, 9.17) is 10.5 Å². The van der Waals surface area contributed by atoms with E-state index in [1.807, 2.05) is 10.9 Å². The molecule has 1 aromatic rings. The minimum Gasteiger partial charge on any atom is -0.378 e. The molecule has 0 spiro atoms. The summed E-state index contributed by atoms with van der Waals surface area (Å²) in [6, 6.07) is -0.0304. The molecule has 0 aromatic carbocycles. The van der Waals surface area contributed by atoms with Gasteiger partial charge in [0.05, 0.1) is 35.1 Å². The molecular weight excluding hydrogens is 320 g/mol. The second kappa shape index (κ2) is 7.54. The van der Waals surface area contributed by atoms with E-state index in [-0.39, 0.29) is 6.04 Å². The van der Waals surface area contributed by atoms with Crippen LogP contribution in [0.25, 0.3) is 0 Å². The first-order chi connectivity index (χ1) is 9.58. The zero-order valence-electron chi connectivity index (χ0n) is 12.4. The number of nitrogens with two attached hydrogens (primary N) is 1. The molecule has 5 nitrogen and oxygen atoms in total. The molecule has 1 aromatic heterocycles. The highest BCUT2D eigenvalue weighted by atomic mass is 79.9. The maximum absolute atomic E-state index is 6.39. The molecule has 2 atom stereocenters. The molecule has 6 heteroatoms. The van der Waals surface area contributed by atoms with Crippen molar-refractivity contribution < 1.29 is 4.74 Å². The third-order valence-corrected chi connectivity index (χ3v) is 4.35. The van der Waals surface area contributed by atoms with Gasteiger partial charge in [-0.05, 0) is 55.7 Å². The first-order valence-electron chi connectivity index (χ1n) is 7.31. The number of halogens is 1. The first-order valence-corrected chi connectivity index (χ1v) is 8.10. The van der Waals surface area contributed by atoms with Gasteiger partial charge in [-0.1, -0.05) is 0 Å². The lowest BCUT2D eigenvalue weighted by atomic mass is 10.0. The van der Waals surface area contributed by atoms with Gasteiger partial charge in [0.25, 0.3) is 0 Å². The predicted molar refractivity (Wildman–Crippen MR) is 83.6 cm³/mol. The minimum atomic E-state index is -0.0304. The quantitative estimate of drug-likeness (QED) is 0.859. The average molecular weight is 345 g/mol. The van der Waals surface area contributed by atoms with Crippen molar-refractivity contribution in [2.24, 2.45) is 5.73 Å². The molecule has 1 fully saturated rings. The fourth-order valence-electron chi connectivity index (χ4n) is 2.60. The van der Waals surface area contributed by atoms with Gasteiger partial charge in [0.2, 0.25) is 0 Å². The van der Waals surface area contributed by atoms with Crippen molar-refractivity contribution in [2.75, 3.05) is 27.2 Å². The van der Waals surface area contributed by atoms with Gasteiger partial charge < -0.3 is 15.4 Å². The number of hydrogen-bond acceptors (Lipinski definition) is 4. The second-order valence-electron chi connectivity index (χ2n) is 5.73. The highest BCUT2D eigenvalue weighted by molar-refractivity contribution is 9.10. The standard InChI is InChI=1S/C14H25BrN4O/c1-18(2)6-7-19-14(12(15)10-17-19)13(16)9-11-5-3-4-8-20-11/h10-11,13H,3-9,16H2,1-2H3. The van der Waals surface area contributed by atoms with Gasteiger partial charge in [0.15, 0.2) is 0 Å². The van der Waals surface area contributed by atoms with Crippen LogP contribution in [0.3, 0.4) is 0 Å². The lowest BCUT2D eigenvalue weighted by molar-refractivity contribution is 0.00681. The molecule has 0 saturated carbocycles. The summed E-state index contributed by atoms with van der Waals surface area (Å²) in [5.41, 5.74) is 7.48. The van der Waals surface area contributed by atoms with Gasteiger partial charge >= 0.3 is 0 Å². The van der Waals surface area contributed by atoms with Crippen molar-refractivity contribution in [3.63, 3.8) is 0 Å². The van der Waals surface area contributed by atoms with E-state index >= 15 is 0 Å². The summed E-state index contributed by atoms with van der Waals surface area (Å²) in [5, 5.41) is 4.42. The molecule has 0 bridgehead atoms. The Bertz CT molecular complexity index is 415. The Morgan fingerprint density at radius 3 is 3.00 bits per heavy atom. The van der Waals surface area contributed by atoms with Crippen molar-refractivity contribution in [1.82, 2.24) is 14.7 Å². The Balaban J connectivity index is 2.00. The molecule has 0 amide bonds. The van der Waals surface area contributed by atoms with Gasteiger partial charge in [-0.3, -0.25) is 4.68 Å². The second-order valence-corrected chi connectivity index (χ2v) is 6.59. The summed E-state index contributed by atoms with van der Waals surface area (Å²) in [6.07, 6.45) is 6.55. The maximum atomic E-state index is 6.39. The van der Waals surface area contributed by atoms with Crippen molar-refractivity contribution in [3.8, 4) is 0 Å². The summed E-state index contributed by atoms with van der Waals surface area (Å²) in [7, 11) is 4.13.